The molecular formula is C10H20O3Si. The van der Waals surface area contributed by atoms with Crippen LogP contribution in [0.5, 0.6) is 0 Å². The third-order valence-electron chi connectivity index (χ3n) is 2.04. The first kappa shape index (κ1) is 13.4. The van der Waals surface area contributed by atoms with Gasteiger partial charge in [0.15, 0.2) is 0 Å². The summed E-state index contributed by atoms with van der Waals surface area (Å²) >= 11 is 0. The average molecular weight is 216 g/mol. The summed E-state index contributed by atoms with van der Waals surface area (Å²) in [6.45, 7) is 9.55. The molecule has 1 unspecified atom stereocenters. The molecule has 1 atom stereocenters. The Balaban J connectivity index is 4.08. The lowest BCUT2D eigenvalue weighted by Crippen LogP contribution is -2.26. The van der Waals surface area contributed by atoms with Gasteiger partial charge in [-0.05, 0) is 12.3 Å². The van der Waals surface area contributed by atoms with E-state index in [4.69, 9.17) is 9.16 Å². The highest BCUT2D eigenvalue weighted by atomic mass is 28.2. The third-order valence-corrected chi connectivity index (χ3v) is 3.49. The van der Waals surface area contributed by atoms with E-state index in [-0.39, 0.29) is 17.6 Å². The van der Waals surface area contributed by atoms with E-state index in [1.165, 1.54) is 0 Å². The molecule has 0 fully saturated rings. The zero-order chi connectivity index (χ0) is 11.1. The fourth-order valence-corrected chi connectivity index (χ4v) is 1.71. The Morgan fingerprint density at radius 1 is 1.50 bits per heavy atom. The van der Waals surface area contributed by atoms with Crippen LogP contribution >= 0.6 is 0 Å². The van der Waals surface area contributed by atoms with Crippen LogP contribution in [0.15, 0.2) is 12.2 Å². The molecule has 0 aromatic rings. The van der Waals surface area contributed by atoms with Crippen LogP contribution in [0.2, 0.25) is 0 Å². The minimum atomic E-state index is -0.748. The molecule has 0 aliphatic carbocycles. The van der Waals surface area contributed by atoms with E-state index >= 15 is 0 Å². The Hall–Kier alpha value is -0.613. The lowest BCUT2D eigenvalue weighted by Gasteiger charge is -2.16. The molecule has 4 heteroatoms. The van der Waals surface area contributed by atoms with Crippen LogP contribution < -0.4 is 0 Å². The van der Waals surface area contributed by atoms with Gasteiger partial charge < -0.3 is 9.16 Å². The van der Waals surface area contributed by atoms with Gasteiger partial charge in [0.05, 0.1) is 0 Å². The molecule has 0 aromatic heterocycles. The van der Waals surface area contributed by atoms with Crippen LogP contribution in [-0.2, 0) is 14.0 Å². The monoisotopic (exact) mass is 216 g/mol. The summed E-state index contributed by atoms with van der Waals surface area (Å²) in [5.41, 5.74) is 0.511. The molecule has 0 amide bonds. The molecule has 0 bridgehead atoms. The van der Waals surface area contributed by atoms with Crippen LogP contribution in [0.3, 0.4) is 0 Å². The van der Waals surface area contributed by atoms with Crippen molar-refractivity contribution >= 4 is 15.7 Å². The van der Waals surface area contributed by atoms with Crippen LogP contribution in [0.1, 0.15) is 27.2 Å². The molecular weight excluding hydrogens is 196 g/mol. The molecule has 14 heavy (non-hydrogen) atoms. The van der Waals surface area contributed by atoms with Crippen molar-refractivity contribution < 1.29 is 14.0 Å². The second-order valence-corrected chi connectivity index (χ2v) is 5.39. The van der Waals surface area contributed by atoms with Crippen molar-refractivity contribution in [3.8, 4) is 0 Å². The van der Waals surface area contributed by atoms with Crippen LogP contribution in [0, 0.1) is 5.92 Å². The minimum Gasteiger partial charge on any atom is -0.461 e. The van der Waals surface area contributed by atoms with Crippen molar-refractivity contribution in [1.82, 2.24) is 0 Å². The van der Waals surface area contributed by atoms with E-state index in [9.17, 15) is 4.79 Å². The van der Waals surface area contributed by atoms with Crippen molar-refractivity contribution in [2.24, 2.45) is 5.92 Å². The summed E-state index contributed by atoms with van der Waals surface area (Å²) in [6.07, 6.45) is 0.817. The van der Waals surface area contributed by atoms with Crippen molar-refractivity contribution in [1.29, 1.82) is 0 Å². The van der Waals surface area contributed by atoms with Gasteiger partial charge in [-0.15, -0.1) is 0 Å². The second-order valence-electron chi connectivity index (χ2n) is 3.57. The Labute approximate surface area is 88.4 Å². The van der Waals surface area contributed by atoms with E-state index in [2.05, 4.69) is 6.58 Å². The number of hydrogen-bond donors (Lipinski definition) is 0. The summed E-state index contributed by atoms with van der Waals surface area (Å²) in [7, 11) is 0.905. The smallest absolute Gasteiger partial charge is 0.333 e. The molecule has 82 valence electrons. The van der Waals surface area contributed by atoms with E-state index in [0.29, 0.717) is 5.57 Å². The van der Waals surface area contributed by atoms with Gasteiger partial charge >= 0.3 is 5.97 Å². The van der Waals surface area contributed by atoms with Crippen molar-refractivity contribution in [3.05, 3.63) is 12.2 Å². The van der Waals surface area contributed by atoms with Crippen molar-refractivity contribution in [3.63, 3.8) is 0 Å². The quantitative estimate of drug-likeness (QED) is 0.380. The molecule has 0 aliphatic heterocycles. The number of ether oxygens (including phenoxy) is 1. The molecule has 0 aromatic carbocycles. The summed E-state index contributed by atoms with van der Waals surface area (Å²) in [4.78, 5) is 11.5. The highest BCUT2D eigenvalue weighted by Crippen LogP contribution is 2.10. The van der Waals surface area contributed by atoms with E-state index < -0.39 is 9.76 Å². The Bertz CT molecular complexity index is 202. The molecule has 0 radical (unpaired) electrons. The highest BCUT2D eigenvalue weighted by molar-refractivity contribution is 6.29. The van der Waals surface area contributed by atoms with Crippen LogP contribution in [-0.4, -0.2) is 28.6 Å². The van der Waals surface area contributed by atoms with Gasteiger partial charge in [-0.3, -0.25) is 0 Å². The van der Waals surface area contributed by atoms with Gasteiger partial charge in [0.2, 0.25) is 9.76 Å². The Morgan fingerprint density at radius 2 is 2.07 bits per heavy atom. The van der Waals surface area contributed by atoms with Gasteiger partial charge in [0, 0.05) is 12.7 Å². The minimum absolute atomic E-state index is 0.0250. The predicted molar refractivity (Wildman–Crippen MR) is 59.7 cm³/mol. The second kappa shape index (κ2) is 6.78. The molecule has 0 saturated carbocycles. The maximum absolute atomic E-state index is 11.5. The number of carbonyl (C=O) groups is 1. The topological polar surface area (TPSA) is 35.5 Å². The predicted octanol–water partition coefficient (Wildman–Crippen LogP) is 1.21. The van der Waals surface area contributed by atoms with Crippen molar-refractivity contribution in [2.45, 2.75) is 32.9 Å². The van der Waals surface area contributed by atoms with Gasteiger partial charge in [-0.25, -0.2) is 4.79 Å². The average Bonchev–Trinajstić information content (AvgIpc) is 2.15. The number of esters is 1. The Kier molecular flexibility index (Phi) is 6.49. The zero-order valence-corrected chi connectivity index (χ0v) is 10.9. The third kappa shape index (κ3) is 4.57. The SMILES string of the molecule is C=C(C(=O)OC(CC)[SiH2]OC)C(C)C. The van der Waals surface area contributed by atoms with Crippen molar-refractivity contribution in [2.75, 3.05) is 7.11 Å². The molecule has 0 spiro atoms. The summed E-state index contributed by atoms with van der Waals surface area (Å²) in [5, 5.41) is 0. The number of carbonyl (C=O) groups excluding carboxylic acids is 1. The first-order valence-corrected chi connectivity index (χ1v) is 6.31. The van der Waals surface area contributed by atoms with E-state index in [1.807, 2.05) is 20.8 Å². The van der Waals surface area contributed by atoms with Gasteiger partial charge in [0.1, 0.15) is 5.73 Å². The van der Waals surface area contributed by atoms with E-state index in [1.54, 1.807) is 7.11 Å². The van der Waals surface area contributed by atoms with Gasteiger partial charge in [-0.1, -0.05) is 27.4 Å². The van der Waals surface area contributed by atoms with E-state index in [0.717, 1.165) is 6.42 Å². The molecule has 0 rings (SSSR count). The molecule has 0 saturated heterocycles. The van der Waals surface area contributed by atoms with Gasteiger partial charge in [-0.2, -0.15) is 0 Å². The lowest BCUT2D eigenvalue weighted by atomic mass is 10.1. The standard InChI is InChI=1S/C10H20O3Si/c1-6-9(14-12-5)13-10(11)8(4)7(2)3/h7,9H,4,6,14H2,1-3,5H3. The lowest BCUT2D eigenvalue weighted by molar-refractivity contribution is -0.141. The normalized spacial score (nSPS) is 13.5. The first-order chi connectivity index (χ1) is 6.52. The maximum atomic E-state index is 11.5. The molecule has 0 N–H and O–H groups in total. The summed E-state index contributed by atoms with van der Waals surface area (Å²) < 4.78 is 10.3. The molecule has 3 nitrogen and oxygen atoms in total. The first-order valence-electron chi connectivity index (χ1n) is 4.91. The van der Waals surface area contributed by atoms with Crippen LogP contribution in [0.4, 0.5) is 0 Å². The number of hydrogen-bond acceptors (Lipinski definition) is 3. The number of rotatable bonds is 6. The largest absolute Gasteiger partial charge is 0.461 e. The highest BCUT2D eigenvalue weighted by Gasteiger charge is 2.17. The van der Waals surface area contributed by atoms with Crippen LogP contribution in [0.25, 0.3) is 0 Å². The fraction of sp³-hybridized carbons (Fsp3) is 0.700. The summed E-state index contributed by atoms with van der Waals surface area (Å²) in [5.74, 6) is -0.138. The molecule has 0 aliphatic rings. The summed E-state index contributed by atoms with van der Waals surface area (Å²) in [6, 6.07) is 0. The Morgan fingerprint density at radius 3 is 2.43 bits per heavy atom. The maximum Gasteiger partial charge on any atom is 0.333 e. The van der Waals surface area contributed by atoms with Gasteiger partial charge in [0.25, 0.3) is 0 Å². The zero-order valence-electron chi connectivity index (χ0n) is 9.50. The molecule has 0 heterocycles. The fourth-order valence-electron chi connectivity index (χ4n) is 0.884.